The summed E-state index contributed by atoms with van der Waals surface area (Å²) in [5, 5.41) is -0.445. The molecule has 2 rings (SSSR count). The van der Waals surface area contributed by atoms with Gasteiger partial charge in [-0.25, -0.2) is 4.79 Å². The van der Waals surface area contributed by atoms with Crippen LogP contribution in [0, 0.1) is 0 Å². The molecule has 0 aliphatic heterocycles. The number of rotatable bonds is 1. The molecule has 0 saturated carbocycles. The van der Waals surface area contributed by atoms with E-state index in [1.54, 1.807) is 0 Å². The quantitative estimate of drug-likeness (QED) is 0.583. The van der Waals surface area contributed by atoms with Gasteiger partial charge in [-0.05, 0) is 6.07 Å². The summed E-state index contributed by atoms with van der Waals surface area (Å²) in [6.45, 7) is 0. The van der Waals surface area contributed by atoms with Gasteiger partial charge in [0.2, 0.25) is 0 Å². The minimum Gasteiger partial charge on any atom is -0.423 e. The van der Waals surface area contributed by atoms with Gasteiger partial charge in [-0.15, -0.1) is 0 Å². The van der Waals surface area contributed by atoms with Gasteiger partial charge in [-0.2, -0.15) is 22.0 Å². The Balaban J connectivity index is 2.83. The Hall–Kier alpha value is -1.92. The Kier molecular flexibility index (Phi) is 2.64. The van der Waals surface area contributed by atoms with E-state index in [2.05, 4.69) is 4.42 Å². The van der Waals surface area contributed by atoms with Crippen molar-refractivity contribution in [1.82, 2.24) is 0 Å². The van der Waals surface area contributed by atoms with Gasteiger partial charge < -0.3 is 4.42 Å². The second-order valence-corrected chi connectivity index (χ2v) is 3.55. The van der Waals surface area contributed by atoms with Gasteiger partial charge in [0.25, 0.3) is 0 Å². The molecule has 1 aromatic carbocycles. The van der Waals surface area contributed by atoms with Crippen LogP contribution in [0.3, 0.4) is 0 Å². The van der Waals surface area contributed by atoms with E-state index >= 15 is 0 Å². The summed E-state index contributed by atoms with van der Waals surface area (Å²) in [4.78, 5) is 11.0. The van der Waals surface area contributed by atoms with Gasteiger partial charge in [0.1, 0.15) is 5.58 Å². The number of halogens is 5. The van der Waals surface area contributed by atoms with Crippen molar-refractivity contribution >= 4 is 11.0 Å². The van der Waals surface area contributed by atoms with E-state index in [1.165, 1.54) is 12.1 Å². The molecule has 96 valence electrons. The topological polar surface area (TPSA) is 30.2 Å². The Morgan fingerprint density at radius 2 is 1.61 bits per heavy atom. The number of fused-ring (bicyclic) bond motifs is 1. The van der Waals surface area contributed by atoms with Crippen molar-refractivity contribution in [3.05, 3.63) is 46.3 Å². The molecule has 0 amide bonds. The first kappa shape index (κ1) is 12.5. The zero-order valence-electron chi connectivity index (χ0n) is 8.59. The summed E-state index contributed by atoms with van der Waals surface area (Å²) in [6.07, 6.45) is -5.77. The normalized spacial score (nSPS) is 12.9. The van der Waals surface area contributed by atoms with Crippen molar-refractivity contribution in [2.75, 3.05) is 0 Å². The van der Waals surface area contributed by atoms with Gasteiger partial charge >= 0.3 is 17.7 Å². The maximum absolute atomic E-state index is 13.3. The summed E-state index contributed by atoms with van der Waals surface area (Å²) in [5.74, 6) is -5.11. The number of hydrogen-bond acceptors (Lipinski definition) is 2. The highest BCUT2D eigenvalue weighted by Crippen LogP contribution is 2.45. The molecular formula is C11H5F5O2. The van der Waals surface area contributed by atoms with E-state index in [1.807, 2.05) is 0 Å². The highest BCUT2D eigenvalue weighted by atomic mass is 19.4. The zero-order chi connectivity index (χ0) is 13.6. The van der Waals surface area contributed by atoms with Crippen LogP contribution in [0.25, 0.3) is 11.0 Å². The Bertz CT molecular complexity index is 642. The van der Waals surface area contributed by atoms with Crippen LogP contribution in [0.5, 0.6) is 0 Å². The Labute approximate surface area is 96.6 Å². The molecule has 0 saturated heterocycles. The molecule has 0 aliphatic carbocycles. The predicted octanol–water partition coefficient (Wildman–Crippen LogP) is 3.45. The fourth-order valence-corrected chi connectivity index (χ4v) is 1.52. The van der Waals surface area contributed by atoms with Gasteiger partial charge in [-0.1, -0.05) is 18.2 Å². The van der Waals surface area contributed by atoms with E-state index in [4.69, 9.17) is 0 Å². The van der Waals surface area contributed by atoms with Crippen LogP contribution in [0.4, 0.5) is 22.0 Å². The molecule has 2 aromatic rings. The minimum absolute atomic E-state index is 0.163. The third-order valence-corrected chi connectivity index (χ3v) is 2.34. The second kappa shape index (κ2) is 3.79. The molecule has 0 bridgehead atoms. The number of alkyl halides is 5. The van der Waals surface area contributed by atoms with Crippen molar-refractivity contribution in [1.29, 1.82) is 0 Å². The summed E-state index contributed by atoms with van der Waals surface area (Å²) < 4.78 is 68.0. The average Bonchev–Trinajstić information content (AvgIpc) is 2.26. The van der Waals surface area contributed by atoms with Crippen molar-refractivity contribution in [2.24, 2.45) is 0 Å². The van der Waals surface area contributed by atoms with Crippen LogP contribution in [0.2, 0.25) is 0 Å². The molecule has 0 N–H and O–H groups in total. The predicted molar refractivity (Wildman–Crippen MR) is 52.4 cm³/mol. The highest BCUT2D eigenvalue weighted by molar-refractivity contribution is 5.80. The molecule has 0 spiro atoms. The lowest BCUT2D eigenvalue weighted by atomic mass is 10.0. The van der Waals surface area contributed by atoms with Gasteiger partial charge in [-0.3, -0.25) is 0 Å². The molecule has 0 aliphatic rings. The summed E-state index contributed by atoms with van der Waals surface area (Å²) >= 11 is 0. The Morgan fingerprint density at radius 1 is 1.00 bits per heavy atom. The van der Waals surface area contributed by atoms with Crippen LogP contribution in [-0.4, -0.2) is 6.18 Å². The lowest BCUT2D eigenvalue weighted by Crippen LogP contribution is -2.34. The molecule has 7 heteroatoms. The third-order valence-electron chi connectivity index (χ3n) is 2.34. The number of hydrogen-bond donors (Lipinski definition) is 0. The van der Waals surface area contributed by atoms with E-state index in [0.717, 1.165) is 12.1 Å². The van der Waals surface area contributed by atoms with Crippen LogP contribution >= 0.6 is 0 Å². The fourth-order valence-electron chi connectivity index (χ4n) is 1.52. The average molecular weight is 264 g/mol. The first-order valence-electron chi connectivity index (χ1n) is 4.71. The van der Waals surface area contributed by atoms with E-state index in [9.17, 15) is 26.7 Å². The SMILES string of the molecule is O=c1cc(C(F)(F)C(F)(F)F)c2ccccc2o1. The lowest BCUT2D eigenvalue weighted by Gasteiger charge is -2.20. The summed E-state index contributed by atoms with van der Waals surface area (Å²) in [7, 11) is 0. The molecule has 0 fully saturated rings. The molecule has 18 heavy (non-hydrogen) atoms. The van der Waals surface area contributed by atoms with Crippen molar-refractivity contribution in [3.8, 4) is 0 Å². The van der Waals surface area contributed by atoms with Crippen molar-refractivity contribution < 1.29 is 26.4 Å². The largest absolute Gasteiger partial charge is 0.458 e. The van der Waals surface area contributed by atoms with Crippen LogP contribution in [0.1, 0.15) is 5.56 Å². The van der Waals surface area contributed by atoms with Gasteiger partial charge in [0.15, 0.2) is 0 Å². The summed E-state index contributed by atoms with van der Waals surface area (Å²) in [6, 6.07) is 4.98. The standard InChI is InChI=1S/C11H5F5O2/c12-10(13,11(14,15)16)7-5-9(17)18-8-4-2-1-3-6(7)8/h1-5H. The van der Waals surface area contributed by atoms with Crippen molar-refractivity contribution in [2.45, 2.75) is 12.1 Å². The molecule has 1 heterocycles. The van der Waals surface area contributed by atoms with E-state index in [-0.39, 0.29) is 11.6 Å². The van der Waals surface area contributed by atoms with Gasteiger partial charge in [0, 0.05) is 17.0 Å². The number of para-hydroxylation sites is 1. The lowest BCUT2D eigenvalue weighted by molar-refractivity contribution is -0.288. The molecule has 2 nitrogen and oxygen atoms in total. The van der Waals surface area contributed by atoms with Crippen LogP contribution in [0.15, 0.2) is 39.5 Å². The zero-order valence-corrected chi connectivity index (χ0v) is 8.59. The first-order chi connectivity index (χ1) is 8.23. The smallest absolute Gasteiger partial charge is 0.423 e. The third kappa shape index (κ3) is 1.85. The maximum atomic E-state index is 13.3. The molecule has 1 aromatic heterocycles. The molecular weight excluding hydrogens is 259 g/mol. The number of benzene rings is 1. The molecule has 0 unspecified atom stereocenters. The summed E-state index contributed by atoms with van der Waals surface area (Å²) in [5.41, 5.74) is -2.97. The maximum Gasteiger partial charge on any atom is 0.458 e. The second-order valence-electron chi connectivity index (χ2n) is 3.55. The highest BCUT2D eigenvalue weighted by Gasteiger charge is 2.59. The Morgan fingerprint density at radius 3 is 2.22 bits per heavy atom. The van der Waals surface area contributed by atoms with Crippen LogP contribution < -0.4 is 5.63 Å². The minimum atomic E-state index is -5.77. The van der Waals surface area contributed by atoms with Crippen molar-refractivity contribution in [3.63, 3.8) is 0 Å². The monoisotopic (exact) mass is 264 g/mol. The van der Waals surface area contributed by atoms with Crippen LogP contribution in [-0.2, 0) is 5.92 Å². The first-order valence-corrected chi connectivity index (χ1v) is 4.71. The van der Waals surface area contributed by atoms with Gasteiger partial charge in [0.05, 0.1) is 0 Å². The molecule has 0 radical (unpaired) electrons. The fraction of sp³-hybridized carbons (Fsp3) is 0.182. The van der Waals surface area contributed by atoms with E-state index in [0.29, 0.717) is 0 Å². The van der Waals surface area contributed by atoms with E-state index < -0.39 is 28.7 Å². The molecule has 0 atom stereocenters.